The number of rotatable bonds is 7. The zero-order chi connectivity index (χ0) is 34.1. The molecule has 3 heterocycles. The first-order valence-electron chi connectivity index (χ1n) is 16.0. The summed E-state index contributed by atoms with van der Waals surface area (Å²) in [5.74, 6) is -0.0268. The second kappa shape index (κ2) is 16.4. The Hall–Kier alpha value is -4.49. The quantitative estimate of drug-likeness (QED) is 0.323. The molecule has 4 rings (SSSR count). The Bertz CT molecular complexity index is 1490. The predicted molar refractivity (Wildman–Crippen MR) is 177 cm³/mol. The van der Waals surface area contributed by atoms with Crippen LogP contribution in [0.25, 0.3) is 0 Å². The van der Waals surface area contributed by atoms with Gasteiger partial charge < -0.3 is 39.5 Å². The van der Waals surface area contributed by atoms with Crippen LogP contribution in [0.15, 0.2) is 47.2 Å². The highest BCUT2D eigenvalue weighted by Gasteiger charge is 2.31. The average molecular weight is 651 g/mol. The number of aryl methyl sites for hydroxylation is 2. The van der Waals surface area contributed by atoms with E-state index in [-0.39, 0.29) is 55.1 Å². The van der Waals surface area contributed by atoms with Crippen molar-refractivity contribution in [1.29, 1.82) is 0 Å². The third-order valence-corrected chi connectivity index (χ3v) is 8.32. The van der Waals surface area contributed by atoms with E-state index in [9.17, 15) is 19.5 Å². The topological polar surface area (TPSA) is 159 Å². The molecule has 0 bridgehead atoms. The maximum Gasteiger partial charge on any atom is 0.321 e. The molecule has 47 heavy (non-hydrogen) atoms. The van der Waals surface area contributed by atoms with Crippen LogP contribution in [-0.4, -0.2) is 94.5 Å². The fraction of sp³-hybridized carbons (Fsp3) is 0.500. The molecule has 2 aromatic heterocycles. The summed E-state index contributed by atoms with van der Waals surface area (Å²) in [6, 6.07) is 7.34. The number of fused-ring (bicyclic) bond motifs is 1. The van der Waals surface area contributed by atoms with Crippen molar-refractivity contribution in [1.82, 2.24) is 19.9 Å². The number of aliphatic hydroxyl groups is 1. The van der Waals surface area contributed by atoms with Crippen LogP contribution in [0.4, 0.5) is 16.2 Å². The molecule has 1 aliphatic rings. The smallest absolute Gasteiger partial charge is 0.321 e. The third-order valence-electron chi connectivity index (χ3n) is 8.32. The van der Waals surface area contributed by atoms with E-state index in [0.717, 1.165) is 19.3 Å². The zero-order valence-electron chi connectivity index (χ0n) is 28.0. The van der Waals surface area contributed by atoms with Crippen LogP contribution >= 0.6 is 0 Å². The molecule has 0 aliphatic carbocycles. The molecular formula is C34H46N6O7. The van der Waals surface area contributed by atoms with Gasteiger partial charge in [-0.2, -0.15) is 0 Å². The number of anilines is 2. The lowest BCUT2D eigenvalue weighted by atomic mass is 10.0. The fourth-order valence-corrected chi connectivity index (χ4v) is 5.39. The van der Waals surface area contributed by atoms with Crippen molar-refractivity contribution in [3.8, 4) is 5.75 Å². The fourth-order valence-electron chi connectivity index (χ4n) is 5.39. The molecule has 13 nitrogen and oxygen atoms in total. The Labute approximate surface area is 275 Å². The van der Waals surface area contributed by atoms with Gasteiger partial charge in [0.2, 0.25) is 0 Å². The highest BCUT2D eigenvalue weighted by atomic mass is 16.5. The standard InChI is InChI=1S/C34H46N6O7/c1-21-18-40(22(2)20-41)33(43)28-17-27(36-32(42)26-12-14-35-15-13-26)10-11-29(28)46-23(3)9-7-8-16-45-30(21)19-39(6)34(44)37-31-24(4)38-47-25(31)5/h10-15,17,21-23,30,41H,7-9,16,18-20H2,1-6H3,(H,36,42)(H,37,44)/t21-,22-,23-,30-/m0/s1. The average Bonchev–Trinajstić information content (AvgIpc) is 3.38. The van der Waals surface area contributed by atoms with Gasteiger partial charge in [0.15, 0.2) is 5.76 Å². The van der Waals surface area contributed by atoms with Crippen LogP contribution in [-0.2, 0) is 4.74 Å². The van der Waals surface area contributed by atoms with Crippen molar-refractivity contribution in [2.75, 3.05) is 44.0 Å². The van der Waals surface area contributed by atoms with Crippen LogP contribution in [0, 0.1) is 19.8 Å². The first-order valence-corrected chi connectivity index (χ1v) is 16.0. The van der Waals surface area contributed by atoms with Gasteiger partial charge in [-0.05, 0) is 77.3 Å². The minimum Gasteiger partial charge on any atom is -0.490 e. The summed E-state index contributed by atoms with van der Waals surface area (Å²) < 4.78 is 17.8. The molecule has 1 aliphatic heterocycles. The number of carbonyl (C=O) groups excluding carboxylic acids is 3. The van der Waals surface area contributed by atoms with Crippen LogP contribution in [0.1, 0.15) is 72.2 Å². The molecule has 0 radical (unpaired) electrons. The number of urea groups is 1. The summed E-state index contributed by atoms with van der Waals surface area (Å²) in [5.41, 5.74) is 2.23. The number of carbonyl (C=O) groups is 3. The minimum absolute atomic E-state index is 0.195. The summed E-state index contributed by atoms with van der Waals surface area (Å²) in [4.78, 5) is 47.5. The lowest BCUT2D eigenvalue weighted by Crippen LogP contribution is -2.48. The third kappa shape index (κ3) is 9.29. The summed E-state index contributed by atoms with van der Waals surface area (Å²) in [5, 5.41) is 19.8. The highest BCUT2D eigenvalue weighted by Crippen LogP contribution is 2.29. The van der Waals surface area contributed by atoms with Crippen molar-refractivity contribution in [2.24, 2.45) is 5.92 Å². The van der Waals surface area contributed by atoms with Crippen molar-refractivity contribution in [2.45, 2.75) is 72.1 Å². The largest absolute Gasteiger partial charge is 0.490 e. The van der Waals surface area contributed by atoms with Crippen LogP contribution in [0.2, 0.25) is 0 Å². The van der Waals surface area contributed by atoms with Gasteiger partial charge in [-0.1, -0.05) is 12.1 Å². The van der Waals surface area contributed by atoms with Gasteiger partial charge in [-0.3, -0.25) is 14.6 Å². The van der Waals surface area contributed by atoms with E-state index in [1.165, 1.54) is 12.4 Å². The van der Waals surface area contributed by atoms with Gasteiger partial charge in [-0.25, -0.2) is 4.79 Å². The second-order valence-electron chi connectivity index (χ2n) is 12.2. The number of ether oxygens (including phenoxy) is 2. The summed E-state index contributed by atoms with van der Waals surface area (Å²) in [7, 11) is 1.69. The number of benzene rings is 1. The van der Waals surface area contributed by atoms with Gasteiger partial charge in [0.05, 0.1) is 30.4 Å². The molecule has 254 valence electrons. The maximum absolute atomic E-state index is 14.3. The van der Waals surface area contributed by atoms with Crippen molar-refractivity contribution in [3.05, 3.63) is 65.3 Å². The number of likely N-dealkylation sites (N-methyl/N-ethyl adjacent to an activating group) is 1. The highest BCUT2D eigenvalue weighted by molar-refractivity contribution is 6.05. The van der Waals surface area contributed by atoms with Crippen molar-refractivity contribution >= 4 is 29.2 Å². The number of aromatic nitrogens is 2. The zero-order valence-corrected chi connectivity index (χ0v) is 28.0. The number of nitrogens with zero attached hydrogens (tertiary/aromatic N) is 4. The number of hydrogen-bond acceptors (Lipinski definition) is 9. The first kappa shape index (κ1) is 35.4. The summed E-state index contributed by atoms with van der Waals surface area (Å²) in [6.07, 6.45) is 4.81. The van der Waals surface area contributed by atoms with Crippen molar-refractivity contribution in [3.63, 3.8) is 0 Å². The Balaban J connectivity index is 1.60. The van der Waals surface area contributed by atoms with E-state index < -0.39 is 12.1 Å². The van der Waals surface area contributed by atoms with Crippen LogP contribution < -0.4 is 15.4 Å². The van der Waals surface area contributed by atoms with E-state index in [0.29, 0.717) is 40.7 Å². The lowest BCUT2D eigenvalue weighted by molar-refractivity contribution is -0.0115. The Morgan fingerprint density at radius 1 is 1.13 bits per heavy atom. The van der Waals surface area contributed by atoms with Gasteiger partial charge in [0.1, 0.15) is 17.1 Å². The normalized spacial score (nSPS) is 19.9. The van der Waals surface area contributed by atoms with E-state index in [1.54, 1.807) is 68.0 Å². The second-order valence-corrected chi connectivity index (χ2v) is 12.2. The molecule has 0 unspecified atom stereocenters. The molecule has 4 amide bonds. The van der Waals surface area contributed by atoms with Gasteiger partial charge in [0.25, 0.3) is 11.8 Å². The molecule has 0 fully saturated rings. The molecule has 13 heteroatoms. The SMILES string of the molecule is Cc1noc(C)c1NC(=O)N(C)C[C@@H]1OCCCC[C@H](C)Oc2ccc(NC(=O)c3ccncc3)cc2C(=O)N([C@@H](C)CO)C[C@@H]1C. The number of hydrogen-bond donors (Lipinski definition) is 3. The van der Waals surface area contributed by atoms with Gasteiger partial charge >= 0.3 is 6.03 Å². The molecular weight excluding hydrogens is 604 g/mol. The molecule has 1 aromatic carbocycles. The molecule has 0 spiro atoms. The lowest BCUT2D eigenvalue weighted by Gasteiger charge is -2.35. The first-order chi connectivity index (χ1) is 22.5. The Morgan fingerprint density at radius 2 is 1.87 bits per heavy atom. The van der Waals surface area contributed by atoms with E-state index in [1.807, 2.05) is 13.8 Å². The minimum atomic E-state index is -0.542. The molecule has 3 aromatic rings. The van der Waals surface area contributed by atoms with Crippen LogP contribution in [0.5, 0.6) is 5.75 Å². The van der Waals surface area contributed by atoms with Gasteiger partial charge in [-0.15, -0.1) is 0 Å². The number of pyridine rings is 1. The Morgan fingerprint density at radius 3 is 2.55 bits per heavy atom. The van der Waals surface area contributed by atoms with E-state index in [2.05, 4.69) is 20.8 Å². The molecule has 0 saturated heterocycles. The van der Waals surface area contributed by atoms with Gasteiger partial charge in [0, 0.05) is 56.3 Å². The number of aliphatic hydroxyl groups excluding tert-OH is 1. The molecule has 3 N–H and O–H groups in total. The summed E-state index contributed by atoms with van der Waals surface area (Å²) >= 11 is 0. The number of amides is 4. The Kier molecular flexibility index (Phi) is 12.3. The van der Waals surface area contributed by atoms with Crippen LogP contribution in [0.3, 0.4) is 0 Å². The summed E-state index contributed by atoms with van der Waals surface area (Å²) in [6.45, 7) is 9.86. The van der Waals surface area contributed by atoms with E-state index >= 15 is 0 Å². The van der Waals surface area contributed by atoms with E-state index in [4.69, 9.17) is 14.0 Å². The number of nitrogens with one attached hydrogen (secondary N) is 2. The molecule has 4 atom stereocenters. The maximum atomic E-state index is 14.3. The predicted octanol–water partition coefficient (Wildman–Crippen LogP) is 4.90. The monoisotopic (exact) mass is 650 g/mol. The van der Waals surface area contributed by atoms with Crippen molar-refractivity contribution < 1.29 is 33.5 Å². The molecule has 0 saturated carbocycles.